The van der Waals surface area contributed by atoms with Gasteiger partial charge in [-0.05, 0) is 50.0 Å². The third-order valence-corrected chi connectivity index (χ3v) is 3.83. The number of rotatable bonds is 1. The Labute approximate surface area is 105 Å². The standard InChI is InChI=1S/C15H26O2/c1-10(2)13-7-6-12(4)14(16)8-5-11(3)9-15(13)17/h9-10,13-17H,4-8H2,1-3H3/b11-9+/t13-,14-,15-/m0/s1. The monoisotopic (exact) mass is 238 g/mol. The van der Waals surface area contributed by atoms with Crippen LogP contribution >= 0.6 is 0 Å². The topological polar surface area (TPSA) is 40.5 Å². The van der Waals surface area contributed by atoms with Crippen molar-refractivity contribution in [3.8, 4) is 0 Å². The molecule has 1 aliphatic rings. The maximum Gasteiger partial charge on any atom is 0.0754 e. The highest BCUT2D eigenvalue weighted by Gasteiger charge is 2.23. The minimum Gasteiger partial charge on any atom is -0.389 e. The lowest BCUT2D eigenvalue weighted by Gasteiger charge is -2.27. The molecule has 0 radical (unpaired) electrons. The molecule has 0 saturated carbocycles. The Morgan fingerprint density at radius 1 is 1.24 bits per heavy atom. The number of aliphatic hydroxyl groups excluding tert-OH is 2. The lowest BCUT2D eigenvalue weighted by molar-refractivity contribution is 0.111. The van der Waals surface area contributed by atoms with Gasteiger partial charge in [0.25, 0.3) is 0 Å². The second-order valence-corrected chi connectivity index (χ2v) is 5.66. The minimum atomic E-state index is -0.388. The molecule has 2 heteroatoms. The van der Waals surface area contributed by atoms with E-state index in [-0.39, 0.29) is 18.1 Å². The van der Waals surface area contributed by atoms with E-state index in [1.165, 1.54) is 0 Å². The van der Waals surface area contributed by atoms with Gasteiger partial charge < -0.3 is 10.2 Å². The second-order valence-electron chi connectivity index (χ2n) is 5.66. The number of hydrogen-bond donors (Lipinski definition) is 2. The highest BCUT2D eigenvalue weighted by Crippen LogP contribution is 2.28. The summed E-state index contributed by atoms with van der Waals surface area (Å²) >= 11 is 0. The highest BCUT2D eigenvalue weighted by molar-refractivity contribution is 5.09. The molecule has 0 aliphatic heterocycles. The zero-order chi connectivity index (χ0) is 13.0. The fraction of sp³-hybridized carbons (Fsp3) is 0.733. The normalized spacial score (nSPS) is 35.5. The van der Waals surface area contributed by atoms with Crippen molar-refractivity contribution in [2.75, 3.05) is 0 Å². The summed E-state index contributed by atoms with van der Waals surface area (Å²) in [4.78, 5) is 0. The van der Waals surface area contributed by atoms with Gasteiger partial charge in [0, 0.05) is 0 Å². The maximum atomic E-state index is 10.2. The van der Waals surface area contributed by atoms with Crippen molar-refractivity contribution < 1.29 is 10.2 Å². The Morgan fingerprint density at radius 3 is 2.47 bits per heavy atom. The van der Waals surface area contributed by atoms with E-state index >= 15 is 0 Å². The lowest BCUT2D eigenvalue weighted by atomic mass is 9.82. The number of allylic oxidation sites excluding steroid dienone is 1. The van der Waals surface area contributed by atoms with Crippen LogP contribution in [0.2, 0.25) is 0 Å². The van der Waals surface area contributed by atoms with E-state index in [2.05, 4.69) is 20.4 Å². The first kappa shape index (κ1) is 14.5. The molecular weight excluding hydrogens is 212 g/mol. The molecule has 0 unspecified atom stereocenters. The molecule has 1 rings (SSSR count). The van der Waals surface area contributed by atoms with Crippen LogP contribution in [-0.2, 0) is 0 Å². The first-order valence-electron chi connectivity index (χ1n) is 6.63. The van der Waals surface area contributed by atoms with Crippen LogP contribution in [0.5, 0.6) is 0 Å². The van der Waals surface area contributed by atoms with Gasteiger partial charge in [-0.3, -0.25) is 0 Å². The minimum absolute atomic E-state index is 0.256. The SMILES string of the molecule is C=C1CC[C@@H](C(C)C)[C@@H](O)/C=C(\C)CC[C@@H]1O. The van der Waals surface area contributed by atoms with E-state index in [4.69, 9.17) is 0 Å². The van der Waals surface area contributed by atoms with Crippen LogP contribution in [0.15, 0.2) is 23.8 Å². The molecule has 0 spiro atoms. The fourth-order valence-electron chi connectivity index (χ4n) is 2.48. The molecule has 0 aromatic heterocycles. The van der Waals surface area contributed by atoms with Crippen molar-refractivity contribution in [3.63, 3.8) is 0 Å². The summed E-state index contributed by atoms with van der Waals surface area (Å²) in [7, 11) is 0. The predicted octanol–water partition coefficient (Wildman–Crippen LogP) is 3.06. The Hall–Kier alpha value is -0.600. The third-order valence-electron chi connectivity index (χ3n) is 3.83. The van der Waals surface area contributed by atoms with Crippen molar-refractivity contribution in [3.05, 3.63) is 23.8 Å². The summed E-state index contributed by atoms with van der Waals surface area (Å²) in [5, 5.41) is 20.1. The summed E-state index contributed by atoms with van der Waals surface area (Å²) in [5.74, 6) is 0.699. The molecule has 0 bridgehead atoms. The predicted molar refractivity (Wildman–Crippen MR) is 71.7 cm³/mol. The van der Waals surface area contributed by atoms with Crippen LogP contribution in [0, 0.1) is 11.8 Å². The summed E-state index contributed by atoms with van der Waals surface area (Å²) in [6, 6.07) is 0. The zero-order valence-electron chi connectivity index (χ0n) is 11.3. The van der Waals surface area contributed by atoms with Crippen molar-refractivity contribution in [2.45, 2.75) is 58.7 Å². The molecule has 0 aromatic carbocycles. The van der Waals surface area contributed by atoms with Crippen LogP contribution < -0.4 is 0 Å². The smallest absolute Gasteiger partial charge is 0.0754 e. The van der Waals surface area contributed by atoms with Crippen LogP contribution in [0.25, 0.3) is 0 Å². The molecule has 0 heterocycles. The molecule has 3 atom stereocenters. The molecule has 0 saturated heterocycles. The lowest BCUT2D eigenvalue weighted by Crippen LogP contribution is -2.25. The van der Waals surface area contributed by atoms with Gasteiger partial charge >= 0.3 is 0 Å². The first-order chi connectivity index (χ1) is 7.91. The van der Waals surface area contributed by atoms with Crippen LogP contribution in [0.1, 0.15) is 46.5 Å². The molecule has 2 nitrogen and oxygen atoms in total. The van der Waals surface area contributed by atoms with Gasteiger partial charge in [-0.1, -0.05) is 32.1 Å². The van der Waals surface area contributed by atoms with Crippen LogP contribution in [0.3, 0.4) is 0 Å². The molecule has 0 aromatic rings. The van der Waals surface area contributed by atoms with E-state index in [1.54, 1.807) is 0 Å². The highest BCUT2D eigenvalue weighted by atomic mass is 16.3. The van der Waals surface area contributed by atoms with Gasteiger partial charge in [0.2, 0.25) is 0 Å². The summed E-state index contributed by atoms with van der Waals surface area (Å²) < 4.78 is 0. The van der Waals surface area contributed by atoms with E-state index in [0.717, 1.165) is 36.8 Å². The van der Waals surface area contributed by atoms with Crippen LogP contribution in [0.4, 0.5) is 0 Å². The van der Waals surface area contributed by atoms with Crippen molar-refractivity contribution in [1.29, 1.82) is 0 Å². The maximum absolute atomic E-state index is 10.2. The van der Waals surface area contributed by atoms with Gasteiger partial charge in [-0.25, -0.2) is 0 Å². The first-order valence-corrected chi connectivity index (χ1v) is 6.63. The average Bonchev–Trinajstić information content (AvgIpc) is 2.24. The summed E-state index contributed by atoms with van der Waals surface area (Å²) in [5.41, 5.74) is 2.08. The molecule has 0 amide bonds. The van der Waals surface area contributed by atoms with Gasteiger partial charge in [0.15, 0.2) is 0 Å². The number of aliphatic hydroxyl groups is 2. The second kappa shape index (κ2) is 6.36. The molecule has 98 valence electrons. The van der Waals surface area contributed by atoms with Crippen molar-refractivity contribution >= 4 is 0 Å². The van der Waals surface area contributed by atoms with Gasteiger partial charge in [-0.15, -0.1) is 0 Å². The molecule has 17 heavy (non-hydrogen) atoms. The summed E-state index contributed by atoms with van der Waals surface area (Å²) in [6.07, 6.45) is 4.49. The zero-order valence-corrected chi connectivity index (χ0v) is 11.3. The Kier molecular flexibility index (Phi) is 5.41. The number of hydrogen-bond acceptors (Lipinski definition) is 2. The van der Waals surface area contributed by atoms with Crippen molar-refractivity contribution in [2.24, 2.45) is 11.8 Å². The Balaban J connectivity index is 2.84. The van der Waals surface area contributed by atoms with E-state index in [9.17, 15) is 10.2 Å². The van der Waals surface area contributed by atoms with Crippen molar-refractivity contribution in [1.82, 2.24) is 0 Å². The quantitative estimate of drug-likeness (QED) is 0.689. The van der Waals surface area contributed by atoms with Crippen LogP contribution in [-0.4, -0.2) is 22.4 Å². The molecular formula is C15H26O2. The Bertz CT molecular complexity index is 291. The fourth-order valence-corrected chi connectivity index (χ4v) is 2.48. The van der Waals surface area contributed by atoms with Gasteiger partial charge in [-0.2, -0.15) is 0 Å². The molecule has 2 N–H and O–H groups in total. The summed E-state index contributed by atoms with van der Waals surface area (Å²) in [6.45, 7) is 10.3. The van der Waals surface area contributed by atoms with Gasteiger partial charge in [0.1, 0.15) is 0 Å². The van der Waals surface area contributed by atoms with E-state index in [1.807, 2.05) is 13.0 Å². The average molecular weight is 238 g/mol. The Morgan fingerprint density at radius 2 is 1.88 bits per heavy atom. The molecule has 1 aliphatic carbocycles. The van der Waals surface area contributed by atoms with E-state index < -0.39 is 0 Å². The van der Waals surface area contributed by atoms with Gasteiger partial charge in [0.05, 0.1) is 12.2 Å². The largest absolute Gasteiger partial charge is 0.389 e. The van der Waals surface area contributed by atoms with E-state index in [0.29, 0.717) is 5.92 Å². The third kappa shape index (κ3) is 4.29. The molecule has 0 fully saturated rings.